The molecule has 0 amide bonds. The van der Waals surface area contributed by atoms with Gasteiger partial charge in [-0.3, -0.25) is 0 Å². The van der Waals surface area contributed by atoms with Gasteiger partial charge in [0.25, 0.3) is 0 Å². The van der Waals surface area contributed by atoms with E-state index in [1.54, 1.807) is 0 Å². The zero-order valence-electron chi connectivity index (χ0n) is 14.8. The average molecular weight is 334 g/mol. The van der Waals surface area contributed by atoms with Crippen molar-refractivity contribution in [3.63, 3.8) is 0 Å². The molecule has 1 spiro atoms. The van der Waals surface area contributed by atoms with Gasteiger partial charge < -0.3 is 19.8 Å². The van der Waals surface area contributed by atoms with Crippen LogP contribution in [-0.4, -0.2) is 34.5 Å². The van der Waals surface area contributed by atoms with E-state index < -0.39 is 17.1 Å². The Kier molecular flexibility index (Phi) is 3.42. The Bertz CT molecular complexity index is 576. The smallest absolute Gasteiger partial charge is 0.151 e. The highest BCUT2D eigenvalue weighted by atomic mass is 16.3. The van der Waals surface area contributed by atoms with Crippen LogP contribution in [-0.2, 0) is 9.59 Å². The van der Waals surface area contributed by atoms with E-state index in [4.69, 9.17) is 0 Å². The van der Waals surface area contributed by atoms with E-state index in [9.17, 15) is 19.8 Å². The van der Waals surface area contributed by atoms with Gasteiger partial charge in [0.15, 0.2) is 6.29 Å². The highest BCUT2D eigenvalue weighted by Gasteiger charge is 2.70. The van der Waals surface area contributed by atoms with E-state index >= 15 is 0 Å². The van der Waals surface area contributed by atoms with E-state index in [1.165, 1.54) is 0 Å². The summed E-state index contributed by atoms with van der Waals surface area (Å²) in [6, 6.07) is 0. The lowest BCUT2D eigenvalue weighted by atomic mass is 9.39. The molecule has 8 atom stereocenters. The first-order valence-corrected chi connectivity index (χ1v) is 9.59. The van der Waals surface area contributed by atoms with E-state index in [2.05, 4.69) is 6.92 Å². The number of carbonyl (C=O) groups excluding carboxylic acids is 2. The van der Waals surface area contributed by atoms with Gasteiger partial charge in [-0.25, -0.2) is 0 Å². The predicted octanol–water partition coefficient (Wildman–Crippen LogP) is 2.50. The van der Waals surface area contributed by atoms with E-state index in [0.717, 1.165) is 51.1 Å². The molecule has 24 heavy (non-hydrogen) atoms. The number of carbonyl (C=O) groups is 2. The lowest BCUT2D eigenvalue weighted by Gasteiger charge is -2.65. The minimum Gasteiger partial charge on any atom is -0.392 e. The van der Waals surface area contributed by atoms with Crippen molar-refractivity contribution in [2.24, 2.45) is 34.0 Å². The van der Waals surface area contributed by atoms with Crippen molar-refractivity contribution in [2.45, 2.75) is 76.9 Å². The van der Waals surface area contributed by atoms with Gasteiger partial charge in [0, 0.05) is 0 Å². The summed E-state index contributed by atoms with van der Waals surface area (Å²) in [5.74, 6) is 0.811. The van der Waals surface area contributed by atoms with Crippen LogP contribution in [0.15, 0.2) is 0 Å². The first-order chi connectivity index (χ1) is 11.3. The lowest BCUT2D eigenvalue weighted by molar-refractivity contribution is -0.199. The molecule has 2 N–H and O–H groups in total. The van der Waals surface area contributed by atoms with Crippen LogP contribution < -0.4 is 0 Å². The molecule has 0 unspecified atom stereocenters. The van der Waals surface area contributed by atoms with Crippen LogP contribution >= 0.6 is 0 Å². The molecule has 134 valence electrons. The first kappa shape index (κ1) is 16.7. The number of aliphatic hydroxyl groups excluding tert-OH is 1. The fraction of sp³-hybridized carbons (Fsp3) is 0.900. The standard InChI is InChI=1S/C20H30O4/c1-17(11-21)15-4-3-13-9-14-10-19(13,7-8-20(14,24)12-22)18(15,2)6-5-16(17)23/h11-16,23-24H,3-10H2,1-2H3/t13-,14+,15-,16+,17-,18-,19-,20-/m0/s1. The van der Waals surface area contributed by atoms with Crippen molar-refractivity contribution < 1.29 is 19.8 Å². The third-order valence-corrected chi connectivity index (χ3v) is 9.21. The fourth-order valence-corrected chi connectivity index (χ4v) is 7.70. The number of aldehydes is 2. The van der Waals surface area contributed by atoms with E-state index in [-0.39, 0.29) is 22.7 Å². The molecule has 0 radical (unpaired) electrons. The van der Waals surface area contributed by atoms with Crippen molar-refractivity contribution in [2.75, 3.05) is 0 Å². The third-order valence-electron chi connectivity index (χ3n) is 9.21. The van der Waals surface area contributed by atoms with Gasteiger partial charge in [0.05, 0.1) is 11.5 Å². The number of hydrogen-bond acceptors (Lipinski definition) is 4. The monoisotopic (exact) mass is 334 g/mol. The normalized spacial score (nSPS) is 59.3. The summed E-state index contributed by atoms with van der Waals surface area (Å²) in [6.45, 7) is 4.28. The summed E-state index contributed by atoms with van der Waals surface area (Å²) >= 11 is 0. The topological polar surface area (TPSA) is 74.6 Å². The molecule has 4 fully saturated rings. The number of hydrogen-bond donors (Lipinski definition) is 2. The molecule has 4 rings (SSSR count). The largest absolute Gasteiger partial charge is 0.392 e. The van der Waals surface area contributed by atoms with Crippen molar-refractivity contribution in [3.05, 3.63) is 0 Å². The summed E-state index contributed by atoms with van der Waals surface area (Å²) in [6.07, 6.45) is 8.18. The zero-order valence-corrected chi connectivity index (χ0v) is 14.8. The SMILES string of the molecule is C[C@@]1(C=O)[C@H](O)CC[C@@]2(C)[C@H]1CC[C@H]1C[C@@H]3C[C@@]12CC[C@]3(O)C=O. The molecule has 0 saturated heterocycles. The van der Waals surface area contributed by atoms with Gasteiger partial charge in [-0.05, 0) is 80.0 Å². The van der Waals surface area contributed by atoms with Gasteiger partial charge in [-0.1, -0.05) is 13.8 Å². The van der Waals surface area contributed by atoms with Crippen LogP contribution in [0.1, 0.15) is 65.2 Å². The Morgan fingerprint density at radius 2 is 1.71 bits per heavy atom. The number of aliphatic hydroxyl groups is 2. The Labute approximate surface area is 144 Å². The Hall–Kier alpha value is -0.740. The highest BCUT2D eigenvalue weighted by molar-refractivity contribution is 5.64. The Morgan fingerprint density at radius 1 is 0.958 bits per heavy atom. The van der Waals surface area contributed by atoms with Gasteiger partial charge in [0.1, 0.15) is 11.9 Å². The zero-order chi connectivity index (χ0) is 17.4. The molecule has 0 heterocycles. The molecule has 0 aromatic rings. The van der Waals surface area contributed by atoms with Crippen LogP contribution in [0.2, 0.25) is 0 Å². The van der Waals surface area contributed by atoms with Crippen LogP contribution in [0.5, 0.6) is 0 Å². The highest BCUT2D eigenvalue weighted by Crippen LogP contribution is 2.74. The van der Waals surface area contributed by atoms with Gasteiger partial charge in [-0.15, -0.1) is 0 Å². The quantitative estimate of drug-likeness (QED) is 0.761. The van der Waals surface area contributed by atoms with Crippen molar-refractivity contribution in [1.82, 2.24) is 0 Å². The molecule has 4 heteroatoms. The van der Waals surface area contributed by atoms with Gasteiger partial charge in [0.2, 0.25) is 0 Å². The molecule has 0 aliphatic heterocycles. The van der Waals surface area contributed by atoms with Gasteiger partial charge in [-0.2, -0.15) is 0 Å². The molecule has 0 aromatic carbocycles. The van der Waals surface area contributed by atoms with Crippen molar-refractivity contribution >= 4 is 12.6 Å². The summed E-state index contributed by atoms with van der Waals surface area (Å²) in [5.41, 5.74) is -1.66. The van der Waals surface area contributed by atoms with Crippen LogP contribution in [0, 0.1) is 34.0 Å². The third kappa shape index (κ3) is 1.72. The first-order valence-electron chi connectivity index (χ1n) is 9.59. The molecule has 4 aliphatic rings. The number of rotatable bonds is 2. The Balaban J connectivity index is 1.77. The van der Waals surface area contributed by atoms with Crippen molar-refractivity contribution in [3.8, 4) is 0 Å². The minimum atomic E-state index is -1.14. The van der Waals surface area contributed by atoms with Crippen LogP contribution in [0.4, 0.5) is 0 Å². The fourth-order valence-electron chi connectivity index (χ4n) is 7.70. The lowest BCUT2D eigenvalue weighted by Crippen LogP contribution is -2.62. The second-order valence-electron chi connectivity index (χ2n) is 9.68. The van der Waals surface area contributed by atoms with E-state index in [1.807, 2.05) is 6.92 Å². The molecule has 2 bridgehead atoms. The summed E-state index contributed by atoms with van der Waals surface area (Å²) in [7, 11) is 0. The Morgan fingerprint density at radius 3 is 2.38 bits per heavy atom. The summed E-state index contributed by atoms with van der Waals surface area (Å²) in [5, 5.41) is 21.3. The summed E-state index contributed by atoms with van der Waals surface area (Å²) in [4.78, 5) is 23.5. The summed E-state index contributed by atoms with van der Waals surface area (Å²) < 4.78 is 0. The van der Waals surface area contributed by atoms with Crippen LogP contribution in [0.25, 0.3) is 0 Å². The number of fused-ring (bicyclic) bond motifs is 2. The molecule has 4 nitrogen and oxygen atoms in total. The predicted molar refractivity (Wildman–Crippen MR) is 89.1 cm³/mol. The second-order valence-corrected chi connectivity index (χ2v) is 9.68. The molecular weight excluding hydrogens is 304 g/mol. The van der Waals surface area contributed by atoms with Crippen molar-refractivity contribution in [1.29, 1.82) is 0 Å². The minimum absolute atomic E-state index is 0.0176. The second kappa shape index (κ2) is 4.91. The molecule has 0 aromatic heterocycles. The molecule has 4 saturated carbocycles. The maximum absolute atomic E-state index is 12.0. The average Bonchev–Trinajstić information content (AvgIpc) is 2.93. The maximum atomic E-state index is 12.0. The molecular formula is C20H30O4. The van der Waals surface area contributed by atoms with Gasteiger partial charge >= 0.3 is 0 Å². The maximum Gasteiger partial charge on any atom is 0.151 e. The van der Waals surface area contributed by atoms with E-state index in [0.29, 0.717) is 18.8 Å². The van der Waals surface area contributed by atoms with Crippen LogP contribution in [0.3, 0.4) is 0 Å². The molecule has 4 aliphatic carbocycles.